The van der Waals surface area contributed by atoms with Crippen molar-refractivity contribution in [3.05, 3.63) is 0 Å². The average molecular weight is 230 g/mol. The Morgan fingerprint density at radius 1 is 1.07 bits per heavy atom. The maximum absolute atomic E-state index is 11.7. The van der Waals surface area contributed by atoms with Crippen LogP contribution in [-0.4, -0.2) is 37.3 Å². The second-order valence-electron chi connectivity index (χ2n) is 2.76. The van der Waals surface area contributed by atoms with Crippen LogP contribution < -0.4 is 10.6 Å². The van der Waals surface area contributed by atoms with Crippen LogP contribution >= 0.6 is 0 Å². The molecular formula is C7H10F4N2O2. The van der Waals surface area contributed by atoms with Crippen molar-refractivity contribution in [2.45, 2.75) is 25.8 Å². The molecule has 0 rings (SSSR count). The van der Waals surface area contributed by atoms with E-state index in [1.54, 1.807) is 5.32 Å². The summed E-state index contributed by atoms with van der Waals surface area (Å²) >= 11 is 0. The Bertz CT molecular complexity index is 235. The lowest BCUT2D eigenvalue weighted by Gasteiger charge is -2.13. The van der Waals surface area contributed by atoms with E-state index in [0.717, 1.165) is 0 Å². The van der Waals surface area contributed by atoms with Crippen molar-refractivity contribution in [1.82, 2.24) is 10.6 Å². The van der Waals surface area contributed by atoms with Crippen molar-refractivity contribution >= 4 is 11.8 Å². The highest BCUT2D eigenvalue weighted by Gasteiger charge is 2.19. The average Bonchev–Trinajstić information content (AvgIpc) is 2.13. The van der Waals surface area contributed by atoms with Crippen LogP contribution in [0.25, 0.3) is 0 Å². The lowest BCUT2D eigenvalue weighted by molar-refractivity contribution is -0.134. The molecule has 0 saturated heterocycles. The summed E-state index contributed by atoms with van der Waals surface area (Å²) in [6, 6.07) is -0.839. The summed E-state index contributed by atoms with van der Waals surface area (Å²) in [5.74, 6) is -3.01. The molecule has 0 saturated carbocycles. The van der Waals surface area contributed by atoms with Gasteiger partial charge in [-0.15, -0.1) is 0 Å². The lowest BCUT2D eigenvalue weighted by atomic mass is 10.3. The molecule has 1 atom stereocenters. The lowest BCUT2D eigenvalue weighted by Crippen LogP contribution is -2.45. The molecular weight excluding hydrogens is 220 g/mol. The molecule has 0 bridgehead atoms. The standard InChI is InChI=1S/C7H10F4N2O2/c1-3(13-7(15)5(10)11)2-12-6(14)4(8)9/h3-5H,2H2,1H3,(H,12,14)(H,13,15)/t3-/m1/s1. The van der Waals surface area contributed by atoms with Gasteiger partial charge in [-0.25, -0.2) is 0 Å². The second kappa shape index (κ2) is 6.20. The minimum absolute atomic E-state index is 0.332. The molecule has 0 aliphatic rings. The number of alkyl halides is 4. The first-order chi connectivity index (χ1) is 6.84. The molecule has 0 unspecified atom stereocenters. The van der Waals surface area contributed by atoms with Crippen LogP contribution in [0.3, 0.4) is 0 Å². The summed E-state index contributed by atoms with van der Waals surface area (Å²) < 4.78 is 46.7. The van der Waals surface area contributed by atoms with E-state index in [1.165, 1.54) is 6.92 Å². The van der Waals surface area contributed by atoms with Crippen molar-refractivity contribution < 1.29 is 27.2 Å². The summed E-state index contributed by atoms with van der Waals surface area (Å²) in [5, 5.41) is 3.60. The molecule has 88 valence electrons. The highest BCUT2D eigenvalue weighted by Crippen LogP contribution is 1.94. The van der Waals surface area contributed by atoms with E-state index < -0.39 is 30.7 Å². The van der Waals surface area contributed by atoms with Gasteiger partial charge in [0.05, 0.1) is 0 Å². The van der Waals surface area contributed by atoms with Crippen LogP contribution in [0.4, 0.5) is 17.6 Å². The molecule has 0 radical (unpaired) electrons. The Kier molecular flexibility index (Phi) is 5.65. The first-order valence-electron chi connectivity index (χ1n) is 3.99. The summed E-state index contributed by atoms with van der Waals surface area (Å²) in [6.45, 7) is 0.966. The van der Waals surface area contributed by atoms with E-state index >= 15 is 0 Å². The zero-order valence-electron chi connectivity index (χ0n) is 7.77. The van der Waals surface area contributed by atoms with Gasteiger partial charge in [0.25, 0.3) is 11.8 Å². The van der Waals surface area contributed by atoms with Crippen molar-refractivity contribution in [2.75, 3.05) is 6.54 Å². The van der Waals surface area contributed by atoms with Crippen LogP contribution in [0.5, 0.6) is 0 Å². The third-order valence-electron chi connectivity index (χ3n) is 1.37. The summed E-state index contributed by atoms with van der Waals surface area (Å²) in [4.78, 5) is 20.8. The number of hydrogen-bond acceptors (Lipinski definition) is 2. The maximum atomic E-state index is 11.7. The molecule has 15 heavy (non-hydrogen) atoms. The quantitative estimate of drug-likeness (QED) is 0.660. The molecule has 0 aromatic carbocycles. The molecule has 0 aliphatic heterocycles. The summed E-state index contributed by atoms with van der Waals surface area (Å²) in [5.41, 5.74) is 0. The third kappa shape index (κ3) is 5.87. The van der Waals surface area contributed by atoms with Gasteiger partial charge < -0.3 is 10.6 Å². The number of carbonyl (C=O) groups is 2. The number of nitrogens with one attached hydrogen (secondary N) is 2. The number of halogens is 4. The first kappa shape index (κ1) is 13.7. The number of carbonyl (C=O) groups excluding carboxylic acids is 2. The summed E-state index contributed by atoms with van der Waals surface area (Å²) in [6.07, 6.45) is -6.33. The maximum Gasteiger partial charge on any atom is 0.315 e. The van der Waals surface area contributed by atoms with Crippen LogP contribution in [0.15, 0.2) is 0 Å². The number of hydrogen-bond donors (Lipinski definition) is 2. The second-order valence-corrected chi connectivity index (χ2v) is 2.76. The Hall–Kier alpha value is -1.34. The summed E-state index contributed by atoms with van der Waals surface area (Å²) in [7, 11) is 0. The van der Waals surface area contributed by atoms with Crippen LogP contribution in [0, 0.1) is 0 Å². The van der Waals surface area contributed by atoms with Gasteiger partial charge in [0, 0.05) is 12.6 Å². The molecule has 0 spiro atoms. The highest BCUT2D eigenvalue weighted by molar-refractivity contribution is 5.80. The zero-order valence-corrected chi connectivity index (χ0v) is 7.77. The predicted octanol–water partition coefficient (Wildman–Crippen LogP) is 0.137. The highest BCUT2D eigenvalue weighted by atomic mass is 19.3. The van der Waals surface area contributed by atoms with Crippen LogP contribution in [0.2, 0.25) is 0 Å². The molecule has 4 nitrogen and oxygen atoms in total. The van der Waals surface area contributed by atoms with Gasteiger partial charge in [-0.1, -0.05) is 0 Å². The number of rotatable bonds is 5. The largest absolute Gasteiger partial charge is 0.349 e. The van der Waals surface area contributed by atoms with Gasteiger partial charge in [-0.3, -0.25) is 9.59 Å². The minimum Gasteiger partial charge on any atom is -0.349 e. The van der Waals surface area contributed by atoms with Gasteiger partial charge in [-0.05, 0) is 6.92 Å². The van der Waals surface area contributed by atoms with E-state index in [1.807, 2.05) is 5.32 Å². The molecule has 0 aromatic heterocycles. The van der Waals surface area contributed by atoms with E-state index in [-0.39, 0.29) is 6.54 Å². The molecule has 0 fully saturated rings. The molecule has 8 heteroatoms. The van der Waals surface area contributed by atoms with Gasteiger partial charge >= 0.3 is 12.9 Å². The predicted molar refractivity (Wildman–Crippen MR) is 42.6 cm³/mol. The fourth-order valence-electron chi connectivity index (χ4n) is 0.688. The van der Waals surface area contributed by atoms with E-state index in [4.69, 9.17) is 0 Å². The zero-order chi connectivity index (χ0) is 12.0. The fraction of sp³-hybridized carbons (Fsp3) is 0.714. The van der Waals surface area contributed by atoms with Crippen LogP contribution in [0.1, 0.15) is 6.92 Å². The van der Waals surface area contributed by atoms with Crippen molar-refractivity contribution in [3.8, 4) is 0 Å². The Morgan fingerprint density at radius 3 is 1.93 bits per heavy atom. The van der Waals surface area contributed by atoms with Crippen molar-refractivity contribution in [3.63, 3.8) is 0 Å². The van der Waals surface area contributed by atoms with Gasteiger partial charge in [0.15, 0.2) is 0 Å². The van der Waals surface area contributed by atoms with Crippen molar-refractivity contribution in [1.29, 1.82) is 0 Å². The minimum atomic E-state index is -3.17. The smallest absolute Gasteiger partial charge is 0.315 e. The van der Waals surface area contributed by atoms with Gasteiger partial charge in [0.2, 0.25) is 0 Å². The fourth-order valence-corrected chi connectivity index (χ4v) is 0.688. The normalized spacial score (nSPS) is 12.7. The monoisotopic (exact) mass is 230 g/mol. The van der Waals surface area contributed by atoms with Gasteiger partial charge in [0.1, 0.15) is 0 Å². The molecule has 2 N–H and O–H groups in total. The van der Waals surface area contributed by atoms with E-state index in [2.05, 4.69) is 0 Å². The molecule has 0 aromatic rings. The SMILES string of the molecule is C[C@H](CNC(=O)C(F)F)NC(=O)C(F)F. The van der Waals surface area contributed by atoms with Gasteiger partial charge in [-0.2, -0.15) is 17.6 Å². The third-order valence-corrected chi connectivity index (χ3v) is 1.37. The Morgan fingerprint density at radius 2 is 1.53 bits per heavy atom. The molecule has 2 amide bonds. The van der Waals surface area contributed by atoms with E-state index in [9.17, 15) is 27.2 Å². The van der Waals surface area contributed by atoms with E-state index in [0.29, 0.717) is 0 Å². The van der Waals surface area contributed by atoms with Crippen LogP contribution in [-0.2, 0) is 9.59 Å². The topological polar surface area (TPSA) is 58.2 Å². The Labute approximate surface area is 83.0 Å². The Balaban J connectivity index is 3.80. The number of amides is 2. The molecule has 0 heterocycles. The first-order valence-corrected chi connectivity index (χ1v) is 3.99. The molecule has 0 aliphatic carbocycles. The van der Waals surface area contributed by atoms with Crippen molar-refractivity contribution in [2.24, 2.45) is 0 Å².